The van der Waals surface area contributed by atoms with E-state index in [0.717, 1.165) is 40.6 Å². The fourth-order valence-electron chi connectivity index (χ4n) is 4.44. The van der Waals surface area contributed by atoms with Gasteiger partial charge in [0.15, 0.2) is 0 Å². The second-order valence-corrected chi connectivity index (χ2v) is 8.81. The van der Waals surface area contributed by atoms with E-state index in [0.29, 0.717) is 6.04 Å². The molecule has 4 rings (SSSR count). The summed E-state index contributed by atoms with van der Waals surface area (Å²) in [6, 6.07) is 4.61. The Balaban J connectivity index is 1.85. The highest BCUT2D eigenvalue weighted by atomic mass is 79.9. The third kappa shape index (κ3) is 2.69. The highest BCUT2D eigenvalue weighted by Gasteiger charge is 2.37. The van der Waals surface area contributed by atoms with Crippen molar-refractivity contribution in [3.05, 3.63) is 38.4 Å². The fraction of sp³-hybridized carbons (Fsp3) is 0.450. The summed E-state index contributed by atoms with van der Waals surface area (Å²) in [5, 5.41) is 1.28. The maximum Gasteiger partial charge on any atom is 0.230 e. The molecule has 0 saturated carbocycles. The average molecular weight is 481 g/mol. The molecular formula is C20H23Br2N3O. The Hall–Kier alpha value is -1.11. The lowest BCUT2D eigenvalue weighted by Gasteiger charge is -2.40. The van der Waals surface area contributed by atoms with E-state index in [-0.39, 0.29) is 11.8 Å². The summed E-state index contributed by atoms with van der Waals surface area (Å²) in [6.45, 7) is 6.40. The van der Waals surface area contributed by atoms with Gasteiger partial charge in [-0.3, -0.25) is 9.69 Å². The Kier molecular flexibility index (Phi) is 4.78. The van der Waals surface area contributed by atoms with Crippen LogP contribution in [0.2, 0.25) is 0 Å². The number of fused-ring (bicyclic) bond motifs is 2. The molecule has 0 radical (unpaired) electrons. The minimum atomic E-state index is -0.0752. The van der Waals surface area contributed by atoms with Gasteiger partial charge in [0.2, 0.25) is 5.91 Å². The SMILES string of the molecule is CCN(CC)C(=O)[C@@H]1C=C2c3ccc(Br)c4[nH]c(Br)c(c34)C[C@H]2N(C)C1. The van der Waals surface area contributed by atoms with Gasteiger partial charge in [-0.05, 0) is 81.9 Å². The minimum Gasteiger partial charge on any atom is -0.348 e. The number of likely N-dealkylation sites (N-methyl/N-ethyl adjacent to an activating group) is 1. The number of benzene rings is 1. The average Bonchev–Trinajstić information content (AvgIpc) is 2.97. The van der Waals surface area contributed by atoms with E-state index in [4.69, 9.17) is 0 Å². The summed E-state index contributed by atoms with van der Waals surface area (Å²) in [6.07, 6.45) is 3.19. The molecule has 1 aliphatic heterocycles. The smallest absolute Gasteiger partial charge is 0.230 e. The van der Waals surface area contributed by atoms with Gasteiger partial charge in [0.1, 0.15) is 0 Å². The van der Waals surface area contributed by atoms with Crippen LogP contribution in [0.3, 0.4) is 0 Å². The highest BCUT2D eigenvalue weighted by molar-refractivity contribution is 9.11. The number of aromatic amines is 1. The number of carbonyl (C=O) groups is 1. The monoisotopic (exact) mass is 479 g/mol. The van der Waals surface area contributed by atoms with Crippen LogP contribution in [-0.2, 0) is 11.2 Å². The van der Waals surface area contributed by atoms with Gasteiger partial charge < -0.3 is 9.88 Å². The molecule has 2 heterocycles. The van der Waals surface area contributed by atoms with E-state index in [1.54, 1.807) is 0 Å². The number of hydrogen-bond donors (Lipinski definition) is 1. The molecule has 6 heteroatoms. The third-order valence-electron chi connectivity index (χ3n) is 5.81. The lowest BCUT2D eigenvalue weighted by atomic mass is 9.79. The second kappa shape index (κ2) is 6.80. The lowest BCUT2D eigenvalue weighted by Crippen LogP contribution is -2.47. The molecule has 0 saturated heterocycles. The molecule has 0 bridgehead atoms. The summed E-state index contributed by atoms with van der Waals surface area (Å²) in [4.78, 5) is 20.7. The number of carbonyl (C=O) groups excluding carboxylic acids is 1. The van der Waals surface area contributed by atoms with Crippen LogP contribution in [0.25, 0.3) is 16.5 Å². The zero-order valence-corrected chi connectivity index (χ0v) is 18.4. The molecule has 4 nitrogen and oxygen atoms in total. The van der Waals surface area contributed by atoms with Gasteiger partial charge in [-0.1, -0.05) is 12.1 Å². The molecule has 0 fully saturated rings. The van der Waals surface area contributed by atoms with Crippen molar-refractivity contribution in [2.45, 2.75) is 26.3 Å². The fourth-order valence-corrected chi connectivity index (χ4v) is 5.43. The molecule has 0 unspecified atom stereocenters. The van der Waals surface area contributed by atoms with Crippen LogP contribution in [0.1, 0.15) is 25.0 Å². The summed E-state index contributed by atoms with van der Waals surface area (Å²) >= 11 is 7.37. The standard InChI is InChI=1S/C20H23Br2N3O/c1-4-25(5-2)20(26)11-8-13-12-6-7-15(21)18-17(12)14(19(22)23-18)9-16(13)24(3)10-11/h6-8,11,16,23H,4-5,9-10H2,1-3H3/t11-,16-/m1/s1. The second-order valence-electron chi connectivity index (χ2n) is 7.16. The number of halogens is 2. The number of rotatable bonds is 3. The number of nitrogens with one attached hydrogen (secondary N) is 1. The van der Waals surface area contributed by atoms with Crippen LogP contribution >= 0.6 is 31.9 Å². The van der Waals surface area contributed by atoms with E-state index in [1.165, 1.54) is 22.1 Å². The number of amides is 1. The topological polar surface area (TPSA) is 39.3 Å². The molecule has 1 amide bonds. The first-order valence-electron chi connectivity index (χ1n) is 9.15. The van der Waals surface area contributed by atoms with E-state index >= 15 is 0 Å². The van der Waals surface area contributed by atoms with Gasteiger partial charge in [-0.15, -0.1) is 0 Å². The zero-order valence-electron chi connectivity index (χ0n) is 15.3. The van der Waals surface area contributed by atoms with Crippen LogP contribution in [0, 0.1) is 5.92 Å². The van der Waals surface area contributed by atoms with Crippen LogP contribution in [0.15, 0.2) is 27.3 Å². The van der Waals surface area contributed by atoms with Gasteiger partial charge in [0.05, 0.1) is 16.0 Å². The summed E-state index contributed by atoms with van der Waals surface area (Å²) in [7, 11) is 2.14. The number of aromatic nitrogens is 1. The summed E-state index contributed by atoms with van der Waals surface area (Å²) < 4.78 is 2.14. The summed E-state index contributed by atoms with van der Waals surface area (Å²) in [5.41, 5.74) is 5.00. The van der Waals surface area contributed by atoms with E-state index in [2.05, 4.69) is 67.0 Å². The Morgan fingerprint density at radius 2 is 2.04 bits per heavy atom. The van der Waals surface area contributed by atoms with E-state index in [9.17, 15) is 4.79 Å². The van der Waals surface area contributed by atoms with Crippen molar-refractivity contribution >= 4 is 54.2 Å². The maximum atomic E-state index is 13.0. The number of nitrogens with zero attached hydrogens (tertiary/aromatic N) is 2. The molecular weight excluding hydrogens is 458 g/mol. The highest BCUT2D eigenvalue weighted by Crippen LogP contribution is 2.45. The first kappa shape index (κ1) is 18.3. The molecule has 0 spiro atoms. The molecule has 138 valence electrons. The Morgan fingerprint density at radius 1 is 1.31 bits per heavy atom. The third-order valence-corrected chi connectivity index (χ3v) is 7.15. The molecule has 2 atom stereocenters. The molecule has 1 aromatic carbocycles. The van der Waals surface area contributed by atoms with Gasteiger partial charge in [0.25, 0.3) is 0 Å². The zero-order chi connectivity index (χ0) is 18.6. The van der Waals surface area contributed by atoms with E-state index < -0.39 is 0 Å². The molecule has 2 aromatic rings. The Labute approximate surface area is 170 Å². The predicted octanol–water partition coefficient (Wildman–Crippen LogP) is 4.43. The van der Waals surface area contributed by atoms with Gasteiger partial charge in [0, 0.05) is 35.5 Å². The minimum absolute atomic E-state index is 0.0752. The molecule has 26 heavy (non-hydrogen) atoms. The number of hydrogen-bond acceptors (Lipinski definition) is 2. The summed E-state index contributed by atoms with van der Waals surface area (Å²) in [5.74, 6) is 0.163. The van der Waals surface area contributed by atoms with Crippen molar-refractivity contribution in [1.82, 2.24) is 14.8 Å². The van der Waals surface area contributed by atoms with Crippen molar-refractivity contribution in [3.63, 3.8) is 0 Å². The maximum absolute atomic E-state index is 13.0. The van der Waals surface area contributed by atoms with E-state index in [1.807, 2.05) is 18.7 Å². The van der Waals surface area contributed by atoms with Crippen LogP contribution in [0.5, 0.6) is 0 Å². The van der Waals surface area contributed by atoms with Crippen LogP contribution in [0.4, 0.5) is 0 Å². The van der Waals surface area contributed by atoms with Gasteiger partial charge in [-0.2, -0.15) is 0 Å². The van der Waals surface area contributed by atoms with Crippen molar-refractivity contribution in [3.8, 4) is 0 Å². The van der Waals surface area contributed by atoms with Gasteiger partial charge in [-0.25, -0.2) is 0 Å². The van der Waals surface area contributed by atoms with Crippen molar-refractivity contribution in [2.75, 3.05) is 26.7 Å². The Bertz CT molecular complexity index is 913. The van der Waals surface area contributed by atoms with Crippen molar-refractivity contribution in [2.24, 2.45) is 5.92 Å². The first-order chi connectivity index (χ1) is 12.5. The first-order valence-corrected chi connectivity index (χ1v) is 10.7. The van der Waals surface area contributed by atoms with Crippen LogP contribution < -0.4 is 0 Å². The quantitative estimate of drug-likeness (QED) is 0.705. The Morgan fingerprint density at radius 3 is 2.73 bits per heavy atom. The largest absolute Gasteiger partial charge is 0.348 e. The van der Waals surface area contributed by atoms with Crippen molar-refractivity contribution < 1.29 is 4.79 Å². The molecule has 1 aliphatic carbocycles. The lowest BCUT2D eigenvalue weighted by molar-refractivity contribution is -0.134. The predicted molar refractivity (Wildman–Crippen MR) is 113 cm³/mol. The molecule has 1 N–H and O–H groups in total. The van der Waals surface area contributed by atoms with Crippen LogP contribution in [-0.4, -0.2) is 53.4 Å². The number of H-pyrrole nitrogens is 1. The molecule has 1 aromatic heterocycles. The normalized spacial score (nSPS) is 22.3. The van der Waals surface area contributed by atoms with Gasteiger partial charge >= 0.3 is 0 Å². The molecule has 2 aliphatic rings. The van der Waals surface area contributed by atoms with Crippen molar-refractivity contribution in [1.29, 1.82) is 0 Å².